The fourth-order valence-electron chi connectivity index (χ4n) is 9.94. The van der Waals surface area contributed by atoms with Crippen LogP contribution in [0.15, 0.2) is 167 Å². The van der Waals surface area contributed by atoms with Crippen LogP contribution in [0.4, 0.5) is 34.1 Å². The molecule has 9 aromatic carbocycles. The molecule has 0 spiro atoms. The maximum atomic E-state index is 17.3. The highest BCUT2D eigenvalue weighted by molar-refractivity contribution is 7.86. The molecular formula is C53H35N2O3P. The number of benzene rings is 9. The molecule has 0 saturated heterocycles. The zero-order valence-corrected chi connectivity index (χ0v) is 33.5. The van der Waals surface area contributed by atoms with Crippen molar-refractivity contribution in [3.63, 3.8) is 0 Å². The van der Waals surface area contributed by atoms with E-state index in [1.54, 1.807) is 0 Å². The lowest BCUT2D eigenvalue weighted by atomic mass is 10.0. The van der Waals surface area contributed by atoms with Gasteiger partial charge in [0.2, 0.25) is 0 Å². The summed E-state index contributed by atoms with van der Waals surface area (Å²) in [6.07, 6.45) is 0. The van der Waals surface area contributed by atoms with Crippen molar-refractivity contribution >= 4 is 123 Å². The Balaban J connectivity index is 1.20. The predicted octanol–water partition coefficient (Wildman–Crippen LogP) is 13.9. The Morgan fingerprint density at radius 1 is 0.424 bits per heavy atom. The summed E-state index contributed by atoms with van der Waals surface area (Å²) in [5, 5.41) is 10.8. The van der Waals surface area contributed by atoms with Crippen molar-refractivity contribution < 1.29 is 13.4 Å². The number of anilines is 6. The van der Waals surface area contributed by atoms with Crippen molar-refractivity contribution in [3.05, 3.63) is 174 Å². The zero-order valence-electron chi connectivity index (χ0n) is 32.6. The number of nitrogens with zero attached hydrogens (tertiary/aromatic N) is 2. The van der Waals surface area contributed by atoms with Gasteiger partial charge in [-0.25, -0.2) is 0 Å². The Morgan fingerprint density at radius 3 is 1.61 bits per heavy atom. The highest BCUT2D eigenvalue weighted by Crippen LogP contribution is 2.63. The predicted molar refractivity (Wildman–Crippen MR) is 246 cm³/mol. The van der Waals surface area contributed by atoms with E-state index in [9.17, 15) is 0 Å². The van der Waals surface area contributed by atoms with Crippen LogP contribution in [0, 0.1) is 20.8 Å². The fraction of sp³-hybridized carbons (Fsp3) is 0.0566. The molecule has 11 aromatic rings. The van der Waals surface area contributed by atoms with Crippen molar-refractivity contribution in [2.75, 3.05) is 9.80 Å². The number of aryl methyl sites for hydroxylation is 3. The summed E-state index contributed by atoms with van der Waals surface area (Å²) < 4.78 is 30.9. The second-order valence-corrected chi connectivity index (χ2v) is 18.9. The van der Waals surface area contributed by atoms with Gasteiger partial charge in [-0.05, 0) is 115 Å². The van der Waals surface area contributed by atoms with E-state index in [1.807, 2.05) is 0 Å². The average molecular weight is 779 g/mol. The average Bonchev–Trinajstić information content (AvgIpc) is 3.82. The molecule has 0 radical (unpaired) electrons. The van der Waals surface area contributed by atoms with E-state index in [1.165, 1.54) is 11.1 Å². The van der Waals surface area contributed by atoms with Crippen LogP contribution in [0.1, 0.15) is 16.7 Å². The first-order valence-electron chi connectivity index (χ1n) is 20.1. The monoisotopic (exact) mass is 778 g/mol. The molecule has 59 heavy (non-hydrogen) atoms. The van der Waals surface area contributed by atoms with Gasteiger partial charge in [-0.3, -0.25) is 0 Å². The quantitative estimate of drug-likeness (QED) is 0.164. The number of furan rings is 2. The lowest BCUT2D eigenvalue weighted by molar-refractivity contribution is 0.592. The largest absolute Gasteiger partial charge is 0.456 e. The Kier molecular flexibility index (Phi) is 6.44. The van der Waals surface area contributed by atoms with E-state index >= 15 is 4.57 Å². The molecule has 13 rings (SSSR count). The molecule has 2 aliphatic rings. The maximum Gasteiger partial charge on any atom is 0.179 e. The first-order chi connectivity index (χ1) is 28.8. The Morgan fingerprint density at radius 2 is 0.966 bits per heavy atom. The topological polar surface area (TPSA) is 49.8 Å². The second kappa shape index (κ2) is 11.5. The minimum absolute atomic E-state index is 0.713. The van der Waals surface area contributed by atoms with Crippen LogP contribution in [-0.4, -0.2) is 0 Å². The van der Waals surface area contributed by atoms with Gasteiger partial charge in [0.15, 0.2) is 7.14 Å². The second-order valence-electron chi connectivity index (χ2n) is 16.3. The zero-order chi connectivity index (χ0) is 39.3. The molecule has 5 nitrogen and oxygen atoms in total. The van der Waals surface area contributed by atoms with E-state index in [-0.39, 0.29) is 0 Å². The molecule has 4 heterocycles. The SMILES string of the molecule is Cc1ccc(N2c3cc4c(cc3P3(=O)c5cc6oc7ccc8ccccc8c7c6cc5N(c5ccc(C)cc5)c5cc(C)cc2c53)oc2c3ccccc3ccc42)cc1. The number of rotatable bonds is 2. The number of fused-ring (bicyclic) bond motifs is 14. The summed E-state index contributed by atoms with van der Waals surface area (Å²) in [7, 11) is -3.66. The molecule has 0 amide bonds. The van der Waals surface area contributed by atoms with Crippen molar-refractivity contribution in [2.24, 2.45) is 0 Å². The van der Waals surface area contributed by atoms with Gasteiger partial charge in [0.05, 0.1) is 28.1 Å². The third-order valence-corrected chi connectivity index (χ3v) is 15.8. The molecule has 0 N–H and O–H groups in total. The van der Waals surface area contributed by atoms with Gasteiger partial charge in [-0.15, -0.1) is 0 Å². The molecule has 6 heteroatoms. The van der Waals surface area contributed by atoms with Crippen LogP contribution in [-0.2, 0) is 4.57 Å². The van der Waals surface area contributed by atoms with Gasteiger partial charge >= 0.3 is 0 Å². The summed E-state index contributed by atoms with van der Waals surface area (Å²) >= 11 is 0. The van der Waals surface area contributed by atoms with Gasteiger partial charge in [0.1, 0.15) is 22.3 Å². The lowest BCUT2D eigenvalue weighted by Gasteiger charge is -2.45. The summed E-state index contributed by atoms with van der Waals surface area (Å²) in [5.74, 6) is 0. The third kappa shape index (κ3) is 4.38. The molecule has 1 unspecified atom stereocenters. The summed E-state index contributed by atoms with van der Waals surface area (Å²) in [6, 6.07) is 55.6. The van der Waals surface area contributed by atoms with Crippen LogP contribution in [0.3, 0.4) is 0 Å². The highest BCUT2D eigenvalue weighted by atomic mass is 31.2. The van der Waals surface area contributed by atoms with E-state index in [4.69, 9.17) is 8.83 Å². The Hall–Kier alpha value is -7.07. The van der Waals surface area contributed by atoms with Gasteiger partial charge in [-0.2, -0.15) is 0 Å². The number of hydrogen-bond donors (Lipinski definition) is 0. The van der Waals surface area contributed by atoms with Crippen molar-refractivity contribution in [1.29, 1.82) is 0 Å². The van der Waals surface area contributed by atoms with Gasteiger partial charge in [-0.1, -0.05) is 96.1 Å². The van der Waals surface area contributed by atoms with E-state index in [2.05, 4.69) is 188 Å². The molecule has 0 bridgehead atoms. The number of hydrogen-bond acceptors (Lipinski definition) is 5. The molecule has 0 saturated carbocycles. The molecule has 0 aliphatic carbocycles. The van der Waals surface area contributed by atoms with Crippen LogP contribution in [0.2, 0.25) is 0 Å². The highest BCUT2D eigenvalue weighted by Gasteiger charge is 2.49. The van der Waals surface area contributed by atoms with Crippen LogP contribution >= 0.6 is 7.14 Å². The molecule has 1 atom stereocenters. The van der Waals surface area contributed by atoms with E-state index < -0.39 is 7.14 Å². The van der Waals surface area contributed by atoms with E-state index in [0.29, 0.717) is 11.2 Å². The molecular weight excluding hydrogens is 744 g/mol. The summed E-state index contributed by atoms with van der Waals surface area (Å²) in [5.41, 5.74) is 12.1. The summed E-state index contributed by atoms with van der Waals surface area (Å²) in [6.45, 7) is 6.37. The fourth-order valence-corrected chi connectivity index (χ4v) is 13.2. The van der Waals surface area contributed by atoms with Crippen LogP contribution < -0.4 is 25.7 Å². The smallest absolute Gasteiger partial charge is 0.179 e. The normalized spacial score (nSPS) is 15.8. The maximum absolute atomic E-state index is 17.3. The summed E-state index contributed by atoms with van der Waals surface area (Å²) in [4.78, 5) is 4.64. The molecule has 2 aromatic heterocycles. The van der Waals surface area contributed by atoms with Crippen LogP contribution in [0.5, 0.6) is 0 Å². The Labute approximate surface area is 339 Å². The van der Waals surface area contributed by atoms with Gasteiger partial charge in [0.25, 0.3) is 0 Å². The van der Waals surface area contributed by atoms with Crippen molar-refractivity contribution in [1.82, 2.24) is 0 Å². The van der Waals surface area contributed by atoms with Gasteiger partial charge < -0.3 is 23.2 Å². The van der Waals surface area contributed by atoms with Crippen LogP contribution in [0.25, 0.3) is 65.4 Å². The van der Waals surface area contributed by atoms with Crippen molar-refractivity contribution in [3.8, 4) is 0 Å². The standard InChI is InChI=1S/C53H35N2O3P/c1-30-12-18-35(19-13-30)54-42-26-40-39-22-16-34-9-5-7-11-38(34)52(39)58-47(40)28-49(42)59(56)50-29-48-41(51-37-10-6-4-8-33(37)17-23-46(51)57-48)27-43(50)55(36-20-14-31(2)15-21-36)45-25-32(3)24-44(54)53(45)59/h4-29H,1-3H3. The molecule has 0 fully saturated rings. The first kappa shape index (κ1) is 33.0. The van der Waals surface area contributed by atoms with Gasteiger partial charge in [0, 0.05) is 48.9 Å². The first-order valence-corrected chi connectivity index (χ1v) is 21.8. The lowest BCUT2D eigenvalue weighted by Crippen LogP contribution is -2.43. The minimum Gasteiger partial charge on any atom is -0.456 e. The van der Waals surface area contributed by atoms with E-state index in [0.717, 1.165) is 110 Å². The minimum atomic E-state index is -3.66. The molecule has 2 aliphatic heterocycles. The third-order valence-electron chi connectivity index (χ3n) is 12.7. The molecule has 280 valence electrons. The Bertz CT molecular complexity index is 3680. The van der Waals surface area contributed by atoms with Crippen molar-refractivity contribution in [2.45, 2.75) is 20.8 Å².